The zero-order valence-corrected chi connectivity index (χ0v) is 17.3. The van der Waals surface area contributed by atoms with Crippen molar-refractivity contribution >= 4 is 40.2 Å². The van der Waals surface area contributed by atoms with E-state index in [4.69, 9.17) is 11.6 Å². The maximum atomic E-state index is 13.8. The van der Waals surface area contributed by atoms with Gasteiger partial charge in [0.15, 0.2) is 0 Å². The molecular formula is C21H24ClFN2OS. The number of nitrogens with zero attached hydrogens (tertiary/aromatic N) is 1. The third-order valence-corrected chi connectivity index (χ3v) is 6.84. The van der Waals surface area contributed by atoms with E-state index in [1.54, 1.807) is 11.3 Å². The van der Waals surface area contributed by atoms with Crippen LogP contribution in [0.25, 0.3) is 0 Å². The second-order valence-corrected chi connectivity index (χ2v) is 9.62. The summed E-state index contributed by atoms with van der Waals surface area (Å²) in [5.74, 6) is -0.235. The molecule has 1 aromatic heterocycles. The van der Waals surface area contributed by atoms with Crippen molar-refractivity contribution in [2.24, 2.45) is 0 Å². The first kappa shape index (κ1) is 18.8. The Kier molecular flexibility index (Phi) is 4.93. The molecule has 2 heterocycles. The number of halogens is 2. The zero-order valence-electron chi connectivity index (χ0n) is 15.7. The topological polar surface area (TPSA) is 32.3 Å². The number of carbonyl (C=O) groups excluding carboxylic acids is 1. The molecule has 2 aliphatic rings. The molecule has 0 unspecified atom stereocenters. The summed E-state index contributed by atoms with van der Waals surface area (Å²) in [7, 11) is 0. The SMILES string of the molecule is Cc1cc(N2CCCc3sc(Cl)cc3C2)cc(C)c1NC(=O)CC1(F)CC1. The Morgan fingerprint density at radius 2 is 2.00 bits per heavy atom. The third-order valence-electron chi connectivity index (χ3n) is 5.48. The first-order valence-corrected chi connectivity index (χ1v) is 10.6. The van der Waals surface area contributed by atoms with Gasteiger partial charge in [-0.2, -0.15) is 0 Å². The Hall–Kier alpha value is -1.59. The molecule has 27 heavy (non-hydrogen) atoms. The number of alkyl halides is 1. The molecule has 3 nitrogen and oxygen atoms in total. The molecule has 1 aliphatic heterocycles. The Labute approximate surface area is 168 Å². The van der Waals surface area contributed by atoms with E-state index in [9.17, 15) is 9.18 Å². The highest BCUT2D eigenvalue weighted by Gasteiger charge is 2.44. The van der Waals surface area contributed by atoms with Crippen LogP contribution in [0.1, 0.15) is 47.3 Å². The van der Waals surface area contributed by atoms with Gasteiger partial charge in [-0.1, -0.05) is 11.6 Å². The van der Waals surface area contributed by atoms with Gasteiger partial charge in [0.25, 0.3) is 0 Å². The lowest BCUT2D eigenvalue weighted by molar-refractivity contribution is -0.117. The van der Waals surface area contributed by atoms with Crippen LogP contribution < -0.4 is 10.2 Å². The number of fused-ring (bicyclic) bond motifs is 1. The summed E-state index contributed by atoms with van der Waals surface area (Å²) >= 11 is 7.89. The smallest absolute Gasteiger partial charge is 0.227 e. The molecule has 1 N–H and O–H groups in total. The summed E-state index contributed by atoms with van der Waals surface area (Å²) in [5, 5.41) is 2.92. The average molecular weight is 407 g/mol. The molecule has 0 spiro atoms. The lowest BCUT2D eigenvalue weighted by Crippen LogP contribution is -2.23. The minimum absolute atomic E-state index is 0.0402. The van der Waals surface area contributed by atoms with Crippen LogP contribution >= 0.6 is 22.9 Å². The maximum absolute atomic E-state index is 13.8. The Balaban J connectivity index is 1.53. The lowest BCUT2D eigenvalue weighted by Gasteiger charge is -2.25. The number of nitrogens with one attached hydrogen (secondary N) is 1. The highest BCUT2D eigenvalue weighted by Crippen LogP contribution is 2.43. The largest absolute Gasteiger partial charge is 0.367 e. The van der Waals surface area contributed by atoms with Crippen LogP contribution in [-0.4, -0.2) is 18.1 Å². The Morgan fingerprint density at radius 3 is 2.67 bits per heavy atom. The molecule has 1 aromatic carbocycles. The number of hydrogen-bond acceptors (Lipinski definition) is 3. The van der Waals surface area contributed by atoms with Crippen LogP contribution in [0.4, 0.5) is 15.8 Å². The molecule has 1 aliphatic carbocycles. The van der Waals surface area contributed by atoms with Crippen molar-refractivity contribution in [2.75, 3.05) is 16.8 Å². The van der Waals surface area contributed by atoms with Gasteiger partial charge in [0.05, 0.1) is 10.8 Å². The molecule has 4 rings (SSSR count). The molecule has 6 heteroatoms. The second-order valence-electron chi connectivity index (χ2n) is 7.85. The summed E-state index contributed by atoms with van der Waals surface area (Å²) in [4.78, 5) is 15.9. The standard InChI is InChI=1S/C21H24ClFN2OS/c1-13-8-16(25-7-3-4-17-15(12-25)10-18(22)27-17)9-14(2)20(13)24-19(26)11-21(23)5-6-21/h8-10H,3-7,11-12H2,1-2H3,(H,24,26). The summed E-state index contributed by atoms with van der Waals surface area (Å²) in [6, 6.07) is 6.31. The predicted octanol–water partition coefficient (Wildman–Crippen LogP) is 5.80. The van der Waals surface area contributed by atoms with E-state index in [-0.39, 0.29) is 12.3 Å². The molecular weight excluding hydrogens is 383 g/mol. The summed E-state index contributed by atoms with van der Waals surface area (Å²) < 4.78 is 14.7. The number of rotatable bonds is 4. The quantitative estimate of drug-likeness (QED) is 0.695. The summed E-state index contributed by atoms with van der Waals surface area (Å²) in [5.41, 5.74) is 4.03. The van der Waals surface area contributed by atoms with Crippen molar-refractivity contribution < 1.29 is 9.18 Å². The van der Waals surface area contributed by atoms with Gasteiger partial charge < -0.3 is 10.2 Å². The van der Waals surface area contributed by atoms with E-state index >= 15 is 0 Å². The molecule has 0 radical (unpaired) electrons. The van der Waals surface area contributed by atoms with E-state index in [0.29, 0.717) is 12.8 Å². The van der Waals surface area contributed by atoms with E-state index in [2.05, 4.69) is 28.4 Å². The summed E-state index contributed by atoms with van der Waals surface area (Å²) in [6.45, 7) is 5.85. The highest BCUT2D eigenvalue weighted by atomic mass is 35.5. The lowest BCUT2D eigenvalue weighted by atomic mass is 10.1. The normalized spacial score (nSPS) is 18.0. The van der Waals surface area contributed by atoms with Crippen molar-refractivity contribution in [3.8, 4) is 0 Å². The van der Waals surface area contributed by atoms with Gasteiger partial charge in [-0.15, -0.1) is 11.3 Å². The van der Waals surface area contributed by atoms with Crippen molar-refractivity contribution in [2.45, 2.75) is 58.2 Å². The van der Waals surface area contributed by atoms with E-state index in [1.165, 1.54) is 10.4 Å². The third kappa shape index (κ3) is 4.14. The fraction of sp³-hybridized carbons (Fsp3) is 0.476. The van der Waals surface area contributed by atoms with E-state index in [1.807, 2.05) is 13.8 Å². The van der Waals surface area contributed by atoms with Gasteiger partial charge in [0, 0.05) is 29.3 Å². The minimum Gasteiger partial charge on any atom is -0.367 e. The monoisotopic (exact) mass is 406 g/mol. The predicted molar refractivity (Wildman–Crippen MR) is 111 cm³/mol. The number of hydrogen-bond donors (Lipinski definition) is 1. The molecule has 0 atom stereocenters. The van der Waals surface area contributed by atoms with Gasteiger partial charge >= 0.3 is 0 Å². The molecule has 0 saturated heterocycles. The second kappa shape index (κ2) is 7.10. The minimum atomic E-state index is -1.27. The van der Waals surface area contributed by atoms with E-state index in [0.717, 1.165) is 52.8 Å². The fourth-order valence-electron chi connectivity index (χ4n) is 3.82. The van der Waals surface area contributed by atoms with Gasteiger partial charge in [-0.3, -0.25) is 4.79 Å². The molecule has 1 amide bonds. The first-order chi connectivity index (χ1) is 12.8. The van der Waals surface area contributed by atoms with Gasteiger partial charge in [0.2, 0.25) is 5.91 Å². The number of carbonyl (C=O) groups is 1. The Bertz CT molecular complexity index is 867. The zero-order chi connectivity index (χ0) is 19.2. The van der Waals surface area contributed by atoms with Gasteiger partial charge in [-0.05, 0) is 74.4 Å². The number of anilines is 2. The van der Waals surface area contributed by atoms with Gasteiger partial charge in [0.1, 0.15) is 5.67 Å². The number of benzene rings is 1. The van der Waals surface area contributed by atoms with Gasteiger partial charge in [-0.25, -0.2) is 4.39 Å². The first-order valence-electron chi connectivity index (χ1n) is 9.45. The Morgan fingerprint density at radius 1 is 1.30 bits per heavy atom. The van der Waals surface area contributed by atoms with Crippen molar-refractivity contribution in [3.63, 3.8) is 0 Å². The maximum Gasteiger partial charge on any atom is 0.227 e. The van der Waals surface area contributed by atoms with Crippen LogP contribution in [-0.2, 0) is 17.8 Å². The van der Waals surface area contributed by atoms with Crippen LogP contribution in [0.5, 0.6) is 0 Å². The highest BCUT2D eigenvalue weighted by molar-refractivity contribution is 7.16. The molecule has 0 bridgehead atoms. The average Bonchev–Trinajstić information content (AvgIpc) is 3.26. The molecule has 1 fully saturated rings. The number of amides is 1. The van der Waals surface area contributed by atoms with Crippen LogP contribution in [0.2, 0.25) is 4.34 Å². The van der Waals surface area contributed by atoms with Crippen molar-refractivity contribution in [3.05, 3.63) is 44.1 Å². The molecule has 144 valence electrons. The van der Waals surface area contributed by atoms with Crippen LogP contribution in [0.15, 0.2) is 18.2 Å². The van der Waals surface area contributed by atoms with Crippen molar-refractivity contribution in [1.82, 2.24) is 0 Å². The number of thiophene rings is 1. The molecule has 2 aromatic rings. The van der Waals surface area contributed by atoms with Crippen LogP contribution in [0.3, 0.4) is 0 Å². The summed E-state index contributed by atoms with van der Waals surface area (Å²) in [6.07, 6.45) is 3.13. The van der Waals surface area contributed by atoms with E-state index < -0.39 is 5.67 Å². The van der Waals surface area contributed by atoms with Crippen molar-refractivity contribution in [1.29, 1.82) is 0 Å². The number of aryl methyl sites for hydroxylation is 3. The molecule has 1 saturated carbocycles. The fourth-order valence-corrected chi connectivity index (χ4v) is 5.16. The van der Waals surface area contributed by atoms with Crippen LogP contribution in [0, 0.1) is 13.8 Å².